The van der Waals surface area contributed by atoms with Crippen LogP contribution < -0.4 is 14.8 Å². The van der Waals surface area contributed by atoms with Crippen LogP contribution in [0.3, 0.4) is 0 Å². The second-order valence-corrected chi connectivity index (χ2v) is 5.10. The zero-order valence-electron chi connectivity index (χ0n) is 14.2. The van der Waals surface area contributed by atoms with Gasteiger partial charge in [-0.05, 0) is 24.6 Å². The highest BCUT2D eigenvalue weighted by atomic mass is 16.5. The summed E-state index contributed by atoms with van der Waals surface area (Å²) in [4.78, 5) is 24.2. The summed E-state index contributed by atoms with van der Waals surface area (Å²) in [6.45, 7) is 2.11. The number of hydrogen-bond acceptors (Lipinski definition) is 5. The average Bonchev–Trinajstić information content (AvgIpc) is 2.65. The number of carbonyl (C=O) groups is 2. The lowest BCUT2D eigenvalue weighted by atomic mass is 10.1. The fourth-order valence-corrected chi connectivity index (χ4v) is 2.23. The molecule has 0 radical (unpaired) electrons. The van der Waals surface area contributed by atoms with E-state index in [0.29, 0.717) is 23.7 Å². The molecule has 0 aliphatic carbocycles. The van der Waals surface area contributed by atoms with Gasteiger partial charge in [-0.2, -0.15) is 0 Å². The predicted molar refractivity (Wildman–Crippen MR) is 92.4 cm³/mol. The van der Waals surface area contributed by atoms with Crippen LogP contribution >= 0.6 is 0 Å². The van der Waals surface area contributed by atoms with E-state index in [-0.39, 0.29) is 6.61 Å². The van der Waals surface area contributed by atoms with Crippen molar-refractivity contribution in [2.24, 2.45) is 0 Å². The largest absolute Gasteiger partial charge is 0.490 e. The zero-order valence-corrected chi connectivity index (χ0v) is 14.2. The first-order valence-electron chi connectivity index (χ1n) is 7.92. The van der Waals surface area contributed by atoms with Crippen LogP contribution in [0, 0.1) is 0 Å². The minimum Gasteiger partial charge on any atom is -0.490 e. The normalized spacial score (nSPS) is 11.3. The molecule has 2 aromatic carbocycles. The summed E-state index contributed by atoms with van der Waals surface area (Å²) in [5.74, 6) is 0.0408. The molecule has 0 saturated heterocycles. The first-order valence-corrected chi connectivity index (χ1v) is 7.92. The van der Waals surface area contributed by atoms with Crippen LogP contribution in [0.1, 0.15) is 18.5 Å². The number of rotatable bonds is 8. The van der Waals surface area contributed by atoms with Gasteiger partial charge in [0.15, 0.2) is 24.1 Å². The summed E-state index contributed by atoms with van der Waals surface area (Å²) in [5.41, 5.74) is 0.636. The second-order valence-electron chi connectivity index (χ2n) is 5.10. The van der Waals surface area contributed by atoms with Gasteiger partial charge in [0.1, 0.15) is 0 Å². The molecule has 2 rings (SSSR count). The van der Waals surface area contributed by atoms with Crippen molar-refractivity contribution in [1.29, 1.82) is 0 Å². The van der Waals surface area contributed by atoms with Gasteiger partial charge >= 0.3 is 5.97 Å². The maximum atomic E-state index is 12.2. The summed E-state index contributed by atoms with van der Waals surface area (Å²) in [7, 11) is 1.28. The monoisotopic (exact) mass is 343 g/mol. The highest BCUT2D eigenvalue weighted by molar-refractivity contribution is 5.86. The number of ether oxygens (including phenoxy) is 3. The van der Waals surface area contributed by atoms with E-state index in [1.165, 1.54) is 7.11 Å². The first kappa shape index (κ1) is 18.3. The molecule has 1 unspecified atom stereocenters. The van der Waals surface area contributed by atoms with E-state index in [1.807, 2.05) is 19.1 Å². The maximum Gasteiger partial charge on any atom is 0.333 e. The van der Waals surface area contributed by atoms with Crippen molar-refractivity contribution in [2.45, 2.75) is 13.0 Å². The fraction of sp³-hybridized carbons (Fsp3) is 0.263. The summed E-state index contributed by atoms with van der Waals surface area (Å²) < 4.78 is 15.7. The maximum absolute atomic E-state index is 12.2. The third-order valence-electron chi connectivity index (χ3n) is 3.38. The lowest BCUT2D eigenvalue weighted by Crippen LogP contribution is -2.37. The molecule has 0 aliphatic heterocycles. The Morgan fingerprint density at radius 1 is 0.960 bits per heavy atom. The smallest absolute Gasteiger partial charge is 0.333 e. The highest BCUT2D eigenvalue weighted by Gasteiger charge is 2.23. The zero-order chi connectivity index (χ0) is 18.1. The quantitative estimate of drug-likeness (QED) is 0.746. The Hall–Kier alpha value is -3.02. The van der Waals surface area contributed by atoms with Crippen LogP contribution in [0.4, 0.5) is 0 Å². The molecule has 0 bridgehead atoms. The van der Waals surface area contributed by atoms with Crippen molar-refractivity contribution >= 4 is 11.9 Å². The van der Waals surface area contributed by atoms with Gasteiger partial charge < -0.3 is 19.5 Å². The summed E-state index contributed by atoms with van der Waals surface area (Å²) in [6, 6.07) is 15.1. The topological polar surface area (TPSA) is 73.9 Å². The van der Waals surface area contributed by atoms with Gasteiger partial charge in [-0.15, -0.1) is 0 Å². The Balaban J connectivity index is 2.01. The molecule has 25 heavy (non-hydrogen) atoms. The lowest BCUT2D eigenvalue weighted by Gasteiger charge is -2.17. The first-order chi connectivity index (χ1) is 12.2. The number of nitrogens with one attached hydrogen (secondary N) is 1. The molecule has 2 aromatic rings. The van der Waals surface area contributed by atoms with E-state index in [4.69, 9.17) is 14.2 Å². The van der Waals surface area contributed by atoms with Gasteiger partial charge in [0.2, 0.25) is 0 Å². The van der Waals surface area contributed by atoms with E-state index >= 15 is 0 Å². The molecule has 6 heteroatoms. The predicted octanol–water partition coefficient (Wildman–Crippen LogP) is 2.49. The van der Waals surface area contributed by atoms with Gasteiger partial charge in [-0.1, -0.05) is 42.5 Å². The fourth-order valence-electron chi connectivity index (χ4n) is 2.23. The van der Waals surface area contributed by atoms with Crippen LogP contribution in [-0.2, 0) is 14.3 Å². The van der Waals surface area contributed by atoms with Crippen molar-refractivity contribution in [2.75, 3.05) is 20.3 Å². The van der Waals surface area contributed by atoms with Crippen LogP contribution in [0.2, 0.25) is 0 Å². The van der Waals surface area contributed by atoms with E-state index in [2.05, 4.69) is 5.32 Å². The van der Waals surface area contributed by atoms with Gasteiger partial charge in [-0.25, -0.2) is 4.79 Å². The number of benzene rings is 2. The number of carbonyl (C=O) groups excluding carboxylic acids is 2. The molecule has 1 N–H and O–H groups in total. The minimum absolute atomic E-state index is 0.246. The molecule has 0 aromatic heterocycles. The molecule has 1 atom stereocenters. The summed E-state index contributed by atoms with van der Waals surface area (Å²) in [5, 5.41) is 2.63. The Labute approximate surface area is 146 Å². The van der Waals surface area contributed by atoms with Crippen molar-refractivity contribution in [3.63, 3.8) is 0 Å². The lowest BCUT2D eigenvalue weighted by molar-refractivity contribution is -0.145. The minimum atomic E-state index is -0.885. The molecule has 0 spiro atoms. The summed E-state index contributed by atoms with van der Waals surface area (Å²) in [6.07, 6.45) is 0. The molecule has 1 amide bonds. The second kappa shape index (κ2) is 9.32. The third kappa shape index (κ3) is 5.24. The van der Waals surface area contributed by atoms with Crippen LogP contribution in [0.25, 0.3) is 0 Å². The van der Waals surface area contributed by atoms with Crippen LogP contribution in [0.15, 0.2) is 54.6 Å². The average molecular weight is 343 g/mol. The van der Waals surface area contributed by atoms with Gasteiger partial charge in [-0.3, -0.25) is 4.79 Å². The molecule has 6 nitrogen and oxygen atoms in total. The van der Waals surface area contributed by atoms with Crippen LogP contribution in [-0.4, -0.2) is 32.2 Å². The molecular weight excluding hydrogens is 322 g/mol. The van der Waals surface area contributed by atoms with Crippen LogP contribution in [0.5, 0.6) is 11.5 Å². The van der Waals surface area contributed by atoms with E-state index in [0.717, 1.165) is 0 Å². The highest BCUT2D eigenvalue weighted by Crippen LogP contribution is 2.26. The van der Waals surface area contributed by atoms with Crippen molar-refractivity contribution in [3.05, 3.63) is 60.2 Å². The van der Waals surface area contributed by atoms with Crippen molar-refractivity contribution < 1.29 is 23.8 Å². The molecule has 0 aliphatic rings. The molecule has 0 fully saturated rings. The van der Waals surface area contributed by atoms with E-state index < -0.39 is 17.9 Å². The number of para-hydroxylation sites is 2. The van der Waals surface area contributed by atoms with Gasteiger partial charge in [0.25, 0.3) is 5.91 Å². The Bertz CT molecular complexity index is 702. The van der Waals surface area contributed by atoms with Gasteiger partial charge in [0, 0.05) is 0 Å². The van der Waals surface area contributed by atoms with E-state index in [9.17, 15) is 9.59 Å². The molecule has 0 saturated carbocycles. The number of esters is 1. The van der Waals surface area contributed by atoms with Gasteiger partial charge in [0.05, 0.1) is 13.7 Å². The van der Waals surface area contributed by atoms with Crippen molar-refractivity contribution in [1.82, 2.24) is 5.32 Å². The SMILES string of the molecule is CCOc1ccccc1OCC(=O)NC(C(=O)OC)c1ccccc1. The molecule has 132 valence electrons. The summed E-state index contributed by atoms with van der Waals surface area (Å²) >= 11 is 0. The Morgan fingerprint density at radius 3 is 2.16 bits per heavy atom. The standard InChI is InChI=1S/C19H21NO5/c1-3-24-15-11-7-8-12-16(15)25-13-17(21)20-18(19(22)23-2)14-9-5-4-6-10-14/h4-12,18H,3,13H2,1-2H3,(H,20,21). The third-order valence-corrected chi connectivity index (χ3v) is 3.38. The Morgan fingerprint density at radius 2 is 1.56 bits per heavy atom. The van der Waals surface area contributed by atoms with E-state index in [1.54, 1.807) is 42.5 Å². The van der Waals surface area contributed by atoms with Crippen molar-refractivity contribution in [3.8, 4) is 11.5 Å². The number of methoxy groups -OCH3 is 1. The molecule has 0 heterocycles. The molecular formula is C19H21NO5. The Kier molecular flexibility index (Phi) is 6.83. The number of hydrogen-bond donors (Lipinski definition) is 1. The number of amides is 1.